The molecule has 0 amide bonds. The Morgan fingerprint density at radius 1 is 1.24 bits per heavy atom. The minimum atomic E-state index is -1.22. The summed E-state index contributed by atoms with van der Waals surface area (Å²) >= 11 is 0. The van der Waals surface area contributed by atoms with Gasteiger partial charge in [0.05, 0.1) is 11.5 Å². The van der Waals surface area contributed by atoms with Crippen LogP contribution in [-0.2, 0) is 0 Å². The molecule has 5 heteroatoms. The molecule has 1 aliphatic heterocycles. The highest BCUT2D eigenvalue weighted by Gasteiger charge is 2.15. The third-order valence-electron chi connectivity index (χ3n) is 2.97. The van der Waals surface area contributed by atoms with Crippen LogP contribution in [0.15, 0.2) is 24.5 Å². The number of nitrogens with zero attached hydrogens (tertiary/aromatic N) is 3. The molecule has 0 unspecified atom stereocenters. The normalized spacial score (nSPS) is 14.7. The van der Waals surface area contributed by atoms with Gasteiger partial charge < -0.3 is 14.8 Å². The van der Waals surface area contributed by atoms with E-state index < -0.39 is 5.97 Å². The van der Waals surface area contributed by atoms with Gasteiger partial charge in [-0.2, -0.15) is 0 Å². The van der Waals surface area contributed by atoms with E-state index in [0.717, 1.165) is 29.8 Å². The van der Waals surface area contributed by atoms with Crippen molar-refractivity contribution < 1.29 is 9.90 Å². The van der Waals surface area contributed by atoms with E-state index in [0.29, 0.717) is 0 Å². The summed E-state index contributed by atoms with van der Waals surface area (Å²) in [5.41, 5.74) is 0.836. The average molecular weight is 228 g/mol. The van der Waals surface area contributed by atoms with Gasteiger partial charge in [0.15, 0.2) is 0 Å². The Labute approximate surface area is 97.7 Å². The van der Waals surface area contributed by atoms with E-state index in [4.69, 9.17) is 0 Å². The minimum absolute atomic E-state index is 0.0796. The van der Waals surface area contributed by atoms with Crippen LogP contribution in [0.25, 0.3) is 10.9 Å². The zero-order chi connectivity index (χ0) is 11.8. The molecule has 0 aliphatic carbocycles. The molecule has 0 radical (unpaired) electrons. The van der Waals surface area contributed by atoms with Crippen LogP contribution in [0.4, 0.5) is 5.82 Å². The Kier molecular flexibility index (Phi) is 2.18. The molecular weight excluding hydrogens is 218 g/mol. The number of carboxylic acid groups (broad SMARTS) is 1. The Morgan fingerprint density at radius 3 is 2.71 bits per heavy atom. The van der Waals surface area contributed by atoms with Crippen molar-refractivity contribution in [2.45, 2.75) is 6.42 Å². The maximum Gasteiger partial charge on any atom is 0.130 e. The molecule has 2 aromatic rings. The topological polar surface area (TPSA) is 69.2 Å². The molecule has 0 saturated carbocycles. The predicted molar refractivity (Wildman–Crippen MR) is 60.7 cm³/mol. The Bertz CT molecular complexity index is 593. The highest BCUT2D eigenvalue weighted by Crippen LogP contribution is 2.21. The molecule has 0 N–H and O–H groups in total. The summed E-state index contributed by atoms with van der Waals surface area (Å²) < 4.78 is 0. The van der Waals surface area contributed by atoms with Crippen molar-refractivity contribution in [3.8, 4) is 0 Å². The molecule has 3 rings (SSSR count). The lowest BCUT2D eigenvalue weighted by molar-refractivity contribution is -0.255. The summed E-state index contributed by atoms with van der Waals surface area (Å²) in [6.07, 6.45) is 4.16. The highest BCUT2D eigenvalue weighted by atomic mass is 16.4. The molecule has 5 nitrogen and oxygen atoms in total. The maximum absolute atomic E-state index is 10.7. The molecule has 1 fully saturated rings. The lowest BCUT2D eigenvalue weighted by Crippen LogP contribution is -2.37. The maximum atomic E-state index is 10.7. The summed E-state index contributed by atoms with van der Waals surface area (Å²) in [4.78, 5) is 21.3. The van der Waals surface area contributed by atoms with E-state index in [1.54, 1.807) is 6.20 Å². The molecule has 2 aromatic heterocycles. The number of aromatic carboxylic acids is 1. The van der Waals surface area contributed by atoms with Crippen LogP contribution in [0.3, 0.4) is 0 Å². The predicted octanol–water partition coefficient (Wildman–Crippen LogP) is 0.203. The van der Waals surface area contributed by atoms with E-state index in [2.05, 4.69) is 14.9 Å². The number of fused-ring (bicyclic) bond motifs is 1. The Morgan fingerprint density at radius 2 is 2.06 bits per heavy atom. The largest absolute Gasteiger partial charge is 0.545 e. The van der Waals surface area contributed by atoms with Crippen LogP contribution in [0.1, 0.15) is 16.8 Å². The third-order valence-corrected chi connectivity index (χ3v) is 2.97. The van der Waals surface area contributed by atoms with Crippen LogP contribution in [-0.4, -0.2) is 29.0 Å². The van der Waals surface area contributed by atoms with Crippen LogP contribution < -0.4 is 10.0 Å². The quantitative estimate of drug-likeness (QED) is 0.734. The molecule has 1 saturated heterocycles. The number of rotatable bonds is 2. The van der Waals surface area contributed by atoms with Gasteiger partial charge in [-0.3, -0.25) is 4.98 Å². The smallest absolute Gasteiger partial charge is 0.130 e. The number of anilines is 1. The fourth-order valence-corrected chi connectivity index (χ4v) is 1.84. The van der Waals surface area contributed by atoms with Gasteiger partial charge in [-0.25, -0.2) is 4.98 Å². The van der Waals surface area contributed by atoms with Gasteiger partial charge in [0.25, 0.3) is 0 Å². The van der Waals surface area contributed by atoms with Crippen LogP contribution in [0.5, 0.6) is 0 Å². The first kappa shape index (κ1) is 10.0. The summed E-state index contributed by atoms with van der Waals surface area (Å²) in [7, 11) is 0. The Balaban J connectivity index is 2.05. The van der Waals surface area contributed by atoms with Gasteiger partial charge >= 0.3 is 0 Å². The van der Waals surface area contributed by atoms with E-state index in [-0.39, 0.29) is 5.56 Å². The number of carboxylic acids is 1. The van der Waals surface area contributed by atoms with Crippen molar-refractivity contribution in [2.75, 3.05) is 18.0 Å². The number of carbonyl (C=O) groups is 1. The SMILES string of the molecule is O=C([O-])c1cnc2cc(N3CCC3)ncc2c1. The molecule has 1 aliphatic rings. The first-order valence-corrected chi connectivity index (χ1v) is 5.46. The lowest BCUT2D eigenvalue weighted by atomic mass is 10.2. The van der Waals surface area contributed by atoms with Crippen LogP contribution in [0, 0.1) is 0 Å². The standard InChI is InChI=1S/C12H11N3O2/c16-12(17)9-4-8-6-14-11(15-2-1-3-15)5-10(8)13-7-9/h4-7H,1-3H2,(H,16,17)/p-1. The average Bonchev–Trinajstić information content (AvgIpc) is 2.26. The number of aromatic nitrogens is 2. The van der Waals surface area contributed by atoms with Crippen molar-refractivity contribution in [1.82, 2.24) is 9.97 Å². The molecule has 0 aromatic carbocycles. The number of hydrogen-bond donors (Lipinski definition) is 0. The molecule has 86 valence electrons. The second kappa shape index (κ2) is 3.69. The third kappa shape index (κ3) is 1.69. The summed E-state index contributed by atoms with van der Waals surface area (Å²) in [6.45, 7) is 2.05. The molecule has 0 spiro atoms. The second-order valence-electron chi connectivity index (χ2n) is 4.09. The van der Waals surface area contributed by atoms with Gasteiger partial charge in [0.1, 0.15) is 5.82 Å². The first-order chi connectivity index (χ1) is 8.24. The van der Waals surface area contributed by atoms with Crippen molar-refractivity contribution in [2.24, 2.45) is 0 Å². The van der Waals surface area contributed by atoms with Gasteiger partial charge in [-0.15, -0.1) is 0 Å². The monoisotopic (exact) mass is 228 g/mol. The van der Waals surface area contributed by atoms with Gasteiger partial charge in [-0.05, 0) is 12.5 Å². The van der Waals surface area contributed by atoms with Gasteiger partial charge in [0.2, 0.25) is 0 Å². The first-order valence-electron chi connectivity index (χ1n) is 5.46. The molecule has 0 atom stereocenters. The Hall–Kier alpha value is -2.17. The fraction of sp³-hybridized carbons (Fsp3) is 0.250. The zero-order valence-corrected chi connectivity index (χ0v) is 9.09. The summed E-state index contributed by atoms with van der Waals surface area (Å²) in [5.74, 6) is -0.316. The summed E-state index contributed by atoms with van der Waals surface area (Å²) in [5, 5.41) is 11.4. The lowest BCUT2D eigenvalue weighted by Gasteiger charge is -2.31. The van der Waals surface area contributed by atoms with E-state index in [1.807, 2.05) is 6.07 Å². The molecule has 17 heavy (non-hydrogen) atoms. The van der Waals surface area contributed by atoms with E-state index in [9.17, 15) is 9.90 Å². The highest BCUT2D eigenvalue weighted by molar-refractivity contribution is 5.91. The van der Waals surface area contributed by atoms with Crippen LogP contribution in [0.2, 0.25) is 0 Å². The van der Waals surface area contributed by atoms with Crippen molar-refractivity contribution in [1.29, 1.82) is 0 Å². The van der Waals surface area contributed by atoms with Crippen molar-refractivity contribution >= 4 is 22.7 Å². The van der Waals surface area contributed by atoms with Gasteiger partial charge in [0, 0.05) is 42.5 Å². The second-order valence-corrected chi connectivity index (χ2v) is 4.09. The number of carbonyl (C=O) groups excluding carboxylic acids is 1. The van der Waals surface area contributed by atoms with Gasteiger partial charge in [-0.1, -0.05) is 0 Å². The molecular formula is C12H10N3O2-. The molecule has 3 heterocycles. The van der Waals surface area contributed by atoms with E-state index in [1.165, 1.54) is 18.7 Å². The number of hydrogen-bond acceptors (Lipinski definition) is 5. The zero-order valence-electron chi connectivity index (χ0n) is 9.09. The molecule has 0 bridgehead atoms. The van der Waals surface area contributed by atoms with Crippen LogP contribution >= 0.6 is 0 Å². The fourth-order valence-electron chi connectivity index (χ4n) is 1.84. The number of pyridine rings is 2. The van der Waals surface area contributed by atoms with E-state index >= 15 is 0 Å². The summed E-state index contributed by atoms with van der Waals surface area (Å²) in [6, 6.07) is 3.41. The van der Waals surface area contributed by atoms with Crippen molar-refractivity contribution in [3.63, 3.8) is 0 Å². The minimum Gasteiger partial charge on any atom is -0.545 e. The van der Waals surface area contributed by atoms with Crippen molar-refractivity contribution in [3.05, 3.63) is 30.1 Å².